The van der Waals surface area contributed by atoms with E-state index in [4.69, 9.17) is 0 Å². The molecule has 4 nitrogen and oxygen atoms in total. The monoisotopic (exact) mass is 208 g/mol. The summed E-state index contributed by atoms with van der Waals surface area (Å²) >= 11 is 0. The molecule has 1 atom stereocenters. The molecule has 84 valence electrons. The molecule has 0 bridgehead atoms. The fourth-order valence-corrected chi connectivity index (χ4v) is 2.04. The second-order valence-corrected chi connectivity index (χ2v) is 4.27. The van der Waals surface area contributed by atoms with Crippen LogP contribution < -0.4 is 10.6 Å². The first-order valence-electron chi connectivity index (χ1n) is 5.76. The summed E-state index contributed by atoms with van der Waals surface area (Å²) in [6, 6.07) is 0.693. The van der Waals surface area contributed by atoms with Gasteiger partial charge < -0.3 is 10.6 Å². The van der Waals surface area contributed by atoms with Crippen molar-refractivity contribution in [2.24, 2.45) is 7.05 Å². The van der Waals surface area contributed by atoms with Gasteiger partial charge in [-0.3, -0.25) is 4.68 Å². The van der Waals surface area contributed by atoms with Gasteiger partial charge in [-0.15, -0.1) is 0 Å². The molecule has 2 N–H and O–H groups in total. The lowest BCUT2D eigenvalue weighted by Crippen LogP contribution is -2.34. The maximum absolute atomic E-state index is 4.15. The highest BCUT2D eigenvalue weighted by atomic mass is 15.2. The van der Waals surface area contributed by atoms with Crippen molar-refractivity contribution in [1.82, 2.24) is 20.4 Å². The Morgan fingerprint density at radius 3 is 3.27 bits per heavy atom. The van der Waals surface area contributed by atoms with Crippen molar-refractivity contribution in [3.05, 3.63) is 18.0 Å². The zero-order valence-corrected chi connectivity index (χ0v) is 9.37. The fraction of sp³-hybridized carbons (Fsp3) is 0.727. The predicted molar refractivity (Wildman–Crippen MR) is 60.8 cm³/mol. The molecule has 1 aromatic heterocycles. The first kappa shape index (κ1) is 10.6. The third-order valence-electron chi connectivity index (χ3n) is 2.90. The topological polar surface area (TPSA) is 41.9 Å². The summed E-state index contributed by atoms with van der Waals surface area (Å²) in [7, 11) is 1.96. The lowest BCUT2D eigenvalue weighted by atomic mass is 10.2. The molecule has 1 saturated heterocycles. The van der Waals surface area contributed by atoms with E-state index in [9.17, 15) is 0 Å². The van der Waals surface area contributed by atoms with E-state index < -0.39 is 0 Å². The Morgan fingerprint density at radius 1 is 1.67 bits per heavy atom. The molecule has 1 fully saturated rings. The minimum absolute atomic E-state index is 0.693. The van der Waals surface area contributed by atoms with Crippen molar-refractivity contribution < 1.29 is 0 Å². The number of hydrogen-bond donors (Lipinski definition) is 2. The third kappa shape index (κ3) is 3.32. The minimum atomic E-state index is 0.693. The molecule has 0 aliphatic carbocycles. The molecule has 0 aromatic carbocycles. The standard InChI is InChI=1S/C11H20N4/c1-15-9-10(7-14-15)4-6-12-8-11-3-2-5-13-11/h7,9,11-13H,2-6,8H2,1H3. The molecule has 2 rings (SSSR count). The van der Waals surface area contributed by atoms with Gasteiger partial charge >= 0.3 is 0 Å². The van der Waals surface area contributed by atoms with Gasteiger partial charge in [-0.1, -0.05) is 0 Å². The number of nitrogens with one attached hydrogen (secondary N) is 2. The van der Waals surface area contributed by atoms with Gasteiger partial charge in [-0.05, 0) is 37.9 Å². The first-order valence-corrected chi connectivity index (χ1v) is 5.76. The Labute approximate surface area is 91.1 Å². The predicted octanol–water partition coefficient (Wildman–Crippen LogP) is 0.304. The van der Waals surface area contributed by atoms with E-state index >= 15 is 0 Å². The van der Waals surface area contributed by atoms with Crippen LogP contribution in [0.25, 0.3) is 0 Å². The van der Waals surface area contributed by atoms with Crippen molar-refractivity contribution in [3.8, 4) is 0 Å². The van der Waals surface area contributed by atoms with Crippen molar-refractivity contribution in [2.75, 3.05) is 19.6 Å². The van der Waals surface area contributed by atoms with Crippen LogP contribution in [0.15, 0.2) is 12.4 Å². The zero-order valence-electron chi connectivity index (χ0n) is 9.37. The molecule has 0 saturated carbocycles. The number of aromatic nitrogens is 2. The molecule has 0 amide bonds. The molecule has 0 radical (unpaired) electrons. The van der Waals surface area contributed by atoms with Crippen LogP contribution in [0.4, 0.5) is 0 Å². The largest absolute Gasteiger partial charge is 0.315 e. The van der Waals surface area contributed by atoms with E-state index in [1.165, 1.54) is 24.9 Å². The Kier molecular flexibility index (Phi) is 3.75. The first-order chi connectivity index (χ1) is 7.34. The van der Waals surface area contributed by atoms with Crippen molar-refractivity contribution in [2.45, 2.75) is 25.3 Å². The summed E-state index contributed by atoms with van der Waals surface area (Å²) in [6.45, 7) is 3.33. The molecule has 1 aromatic rings. The molecule has 1 aliphatic heterocycles. The van der Waals surface area contributed by atoms with Gasteiger partial charge in [-0.2, -0.15) is 5.10 Å². The number of hydrogen-bond acceptors (Lipinski definition) is 3. The van der Waals surface area contributed by atoms with E-state index in [0.717, 1.165) is 19.5 Å². The highest BCUT2D eigenvalue weighted by Crippen LogP contribution is 2.03. The van der Waals surface area contributed by atoms with E-state index in [1.807, 2.05) is 17.9 Å². The second-order valence-electron chi connectivity index (χ2n) is 4.27. The Bertz CT molecular complexity index is 289. The maximum Gasteiger partial charge on any atom is 0.0522 e. The smallest absolute Gasteiger partial charge is 0.0522 e. The van der Waals surface area contributed by atoms with Crippen LogP contribution >= 0.6 is 0 Å². The van der Waals surface area contributed by atoms with Crippen LogP contribution in [-0.4, -0.2) is 35.5 Å². The van der Waals surface area contributed by atoms with Gasteiger partial charge in [0.05, 0.1) is 6.20 Å². The SMILES string of the molecule is Cn1cc(CCNCC2CCCN2)cn1. The molecule has 4 heteroatoms. The van der Waals surface area contributed by atoms with Crippen LogP contribution in [0, 0.1) is 0 Å². The summed E-state index contributed by atoms with van der Waals surface area (Å²) in [4.78, 5) is 0. The molecular formula is C11H20N4. The Balaban J connectivity index is 1.58. The second kappa shape index (κ2) is 5.28. The summed E-state index contributed by atoms with van der Waals surface area (Å²) in [5.41, 5.74) is 1.31. The number of rotatable bonds is 5. The van der Waals surface area contributed by atoms with Gasteiger partial charge in [0.25, 0.3) is 0 Å². The quantitative estimate of drug-likeness (QED) is 0.684. The van der Waals surface area contributed by atoms with E-state index in [0.29, 0.717) is 6.04 Å². The Morgan fingerprint density at radius 2 is 2.60 bits per heavy atom. The van der Waals surface area contributed by atoms with Crippen molar-refractivity contribution in [1.29, 1.82) is 0 Å². The summed E-state index contributed by atoms with van der Waals surface area (Å²) in [5.74, 6) is 0. The lowest BCUT2D eigenvalue weighted by Gasteiger charge is -2.10. The van der Waals surface area contributed by atoms with Crippen LogP contribution in [-0.2, 0) is 13.5 Å². The normalized spacial score (nSPS) is 21.0. The van der Waals surface area contributed by atoms with E-state index in [1.54, 1.807) is 0 Å². The number of aryl methyl sites for hydroxylation is 1. The van der Waals surface area contributed by atoms with Gasteiger partial charge in [0.1, 0.15) is 0 Å². The molecule has 2 heterocycles. The molecular weight excluding hydrogens is 188 g/mol. The maximum atomic E-state index is 4.15. The third-order valence-corrected chi connectivity index (χ3v) is 2.90. The zero-order chi connectivity index (χ0) is 10.5. The van der Waals surface area contributed by atoms with Crippen LogP contribution in [0.5, 0.6) is 0 Å². The molecule has 1 unspecified atom stereocenters. The van der Waals surface area contributed by atoms with Gasteiger partial charge in [-0.25, -0.2) is 0 Å². The average Bonchev–Trinajstić information content (AvgIpc) is 2.84. The van der Waals surface area contributed by atoms with Gasteiger partial charge in [0.2, 0.25) is 0 Å². The van der Waals surface area contributed by atoms with E-state index in [2.05, 4.69) is 21.9 Å². The lowest BCUT2D eigenvalue weighted by molar-refractivity contribution is 0.537. The minimum Gasteiger partial charge on any atom is -0.315 e. The average molecular weight is 208 g/mol. The fourth-order valence-electron chi connectivity index (χ4n) is 2.04. The summed E-state index contributed by atoms with van der Waals surface area (Å²) in [6.07, 6.45) is 7.74. The highest BCUT2D eigenvalue weighted by molar-refractivity contribution is 5.03. The van der Waals surface area contributed by atoms with Crippen LogP contribution in [0.3, 0.4) is 0 Å². The van der Waals surface area contributed by atoms with Crippen LogP contribution in [0.1, 0.15) is 18.4 Å². The van der Waals surface area contributed by atoms with E-state index in [-0.39, 0.29) is 0 Å². The van der Waals surface area contributed by atoms with Crippen LogP contribution in [0.2, 0.25) is 0 Å². The molecule has 0 spiro atoms. The molecule has 1 aliphatic rings. The number of nitrogens with zero attached hydrogens (tertiary/aromatic N) is 2. The van der Waals surface area contributed by atoms with Crippen molar-refractivity contribution in [3.63, 3.8) is 0 Å². The van der Waals surface area contributed by atoms with Gasteiger partial charge in [0, 0.05) is 25.8 Å². The van der Waals surface area contributed by atoms with Gasteiger partial charge in [0.15, 0.2) is 0 Å². The summed E-state index contributed by atoms with van der Waals surface area (Å²) in [5, 5.41) is 11.1. The Hall–Kier alpha value is -0.870. The highest BCUT2D eigenvalue weighted by Gasteiger charge is 2.12. The molecule has 15 heavy (non-hydrogen) atoms. The van der Waals surface area contributed by atoms with Crippen molar-refractivity contribution >= 4 is 0 Å². The summed E-state index contributed by atoms with van der Waals surface area (Å²) < 4.78 is 1.86.